The number of amides is 1. The topological polar surface area (TPSA) is 83.1 Å². The highest BCUT2D eigenvalue weighted by Gasteiger charge is 2.15. The van der Waals surface area contributed by atoms with Crippen LogP contribution in [0.25, 0.3) is 5.70 Å². The lowest BCUT2D eigenvalue weighted by atomic mass is 10.1. The number of aliphatic imine (C=N–C) groups is 2. The number of carbonyl (C=O) groups is 1. The monoisotopic (exact) mass is 375 g/mol. The molecular formula is C22H25N5O. The summed E-state index contributed by atoms with van der Waals surface area (Å²) in [6.07, 6.45) is 3.19. The molecule has 0 spiro atoms. The zero-order chi connectivity index (χ0) is 20.4. The number of amidine groups is 1. The average Bonchev–Trinajstić information content (AvgIpc) is 2.75. The van der Waals surface area contributed by atoms with Crippen molar-refractivity contribution in [3.05, 3.63) is 90.3 Å². The lowest BCUT2D eigenvalue weighted by Gasteiger charge is -2.24. The SMILES string of the molecule is C=CN(C(CN)=NC)/C(=C\N=C)c1cccc(C(=O)NCc2ccccc2)c1. The lowest BCUT2D eigenvalue weighted by Crippen LogP contribution is -2.31. The van der Waals surface area contributed by atoms with Crippen molar-refractivity contribution >= 4 is 24.2 Å². The largest absolute Gasteiger partial charge is 0.348 e. The van der Waals surface area contributed by atoms with Crippen molar-refractivity contribution in [2.75, 3.05) is 13.6 Å². The molecule has 0 heterocycles. The van der Waals surface area contributed by atoms with Gasteiger partial charge in [-0.1, -0.05) is 49.0 Å². The van der Waals surface area contributed by atoms with Crippen molar-refractivity contribution < 1.29 is 4.79 Å². The Labute approximate surface area is 165 Å². The van der Waals surface area contributed by atoms with Crippen LogP contribution in [0.15, 0.2) is 83.6 Å². The Bertz CT molecular complexity index is 887. The van der Waals surface area contributed by atoms with E-state index in [1.165, 1.54) is 0 Å². The number of nitrogens with one attached hydrogen (secondary N) is 1. The van der Waals surface area contributed by atoms with Gasteiger partial charge in [-0.15, -0.1) is 0 Å². The van der Waals surface area contributed by atoms with Crippen LogP contribution in [-0.4, -0.2) is 37.0 Å². The number of rotatable bonds is 8. The van der Waals surface area contributed by atoms with Crippen LogP contribution < -0.4 is 11.1 Å². The first kappa shape index (κ1) is 20.8. The quantitative estimate of drug-likeness (QED) is 0.549. The van der Waals surface area contributed by atoms with Gasteiger partial charge in [-0.05, 0) is 24.4 Å². The molecule has 0 aromatic heterocycles. The van der Waals surface area contributed by atoms with Crippen molar-refractivity contribution in [1.82, 2.24) is 10.2 Å². The maximum atomic E-state index is 12.6. The molecule has 0 aliphatic carbocycles. The fraction of sp³-hybridized carbons (Fsp3) is 0.136. The maximum absolute atomic E-state index is 12.6. The molecule has 0 atom stereocenters. The molecule has 0 aliphatic heterocycles. The van der Waals surface area contributed by atoms with E-state index in [-0.39, 0.29) is 12.5 Å². The van der Waals surface area contributed by atoms with Gasteiger partial charge in [-0.2, -0.15) is 0 Å². The predicted octanol–water partition coefficient (Wildman–Crippen LogP) is 3.05. The Morgan fingerprint density at radius 3 is 2.50 bits per heavy atom. The standard InChI is InChI=1S/C22H25N5O/c1-4-27(21(14-23)25-3)20(16-24-2)18-11-8-12-19(13-18)22(28)26-15-17-9-6-5-7-10-17/h4-13,16H,1-2,14-15,23H2,3H3,(H,26,28)/b20-16-,25-21?. The number of nitrogens with zero attached hydrogens (tertiary/aromatic N) is 3. The first-order chi connectivity index (χ1) is 13.6. The summed E-state index contributed by atoms with van der Waals surface area (Å²) in [5, 5.41) is 2.93. The van der Waals surface area contributed by atoms with Gasteiger partial charge in [0, 0.05) is 30.9 Å². The minimum Gasteiger partial charge on any atom is -0.348 e. The molecule has 0 radical (unpaired) electrons. The summed E-state index contributed by atoms with van der Waals surface area (Å²) in [5.41, 5.74) is 8.81. The molecule has 28 heavy (non-hydrogen) atoms. The molecule has 0 fully saturated rings. The van der Waals surface area contributed by atoms with Gasteiger partial charge >= 0.3 is 0 Å². The summed E-state index contributed by atoms with van der Waals surface area (Å²) in [7, 11) is 1.66. The molecule has 144 valence electrons. The summed E-state index contributed by atoms with van der Waals surface area (Å²) in [6.45, 7) is 8.06. The Hall–Kier alpha value is -3.51. The van der Waals surface area contributed by atoms with Crippen LogP contribution in [0.5, 0.6) is 0 Å². The Balaban J connectivity index is 2.28. The van der Waals surface area contributed by atoms with Crippen molar-refractivity contribution in [1.29, 1.82) is 0 Å². The highest BCUT2D eigenvalue weighted by Crippen LogP contribution is 2.22. The molecule has 3 N–H and O–H groups in total. The fourth-order valence-corrected chi connectivity index (χ4v) is 2.70. The van der Waals surface area contributed by atoms with Gasteiger partial charge in [-0.25, -0.2) is 0 Å². The predicted molar refractivity (Wildman–Crippen MR) is 116 cm³/mol. The molecule has 1 amide bonds. The third-order valence-electron chi connectivity index (χ3n) is 4.09. The molecule has 0 saturated carbocycles. The van der Waals surface area contributed by atoms with Crippen LogP contribution in [0.3, 0.4) is 0 Å². The Kier molecular flexibility index (Phi) is 7.87. The fourth-order valence-electron chi connectivity index (χ4n) is 2.70. The van der Waals surface area contributed by atoms with Crippen LogP contribution >= 0.6 is 0 Å². The van der Waals surface area contributed by atoms with Crippen LogP contribution in [0.2, 0.25) is 0 Å². The molecule has 0 saturated heterocycles. The zero-order valence-corrected chi connectivity index (χ0v) is 16.0. The number of hydrogen-bond donors (Lipinski definition) is 2. The van der Waals surface area contributed by atoms with Crippen molar-refractivity contribution in [3.63, 3.8) is 0 Å². The van der Waals surface area contributed by atoms with E-state index < -0.39 is 0 Å². The first-order valence-electron chi connectivity index (χ1n) is 8.80. The second-order valence-electron chi connectivity index (χ2n) is 5.84. The van der Waals surface area contributed by atoms with E-state index in [1.807, 2.05) is 42.5 Å². The van der Waals surface area contributed by atoms with Gasteiger partial charge in [0.1, 0.15) is 5.84 Å². The Morgan fingerprint density at radius 2 is 1.89 bits per heavy atom. The van der Waals surface area contributed by atoms with E-state index in [0.29, 0.717) is 23.6 Å². The van der Waals surface area contributed by atoms with Crippen LogP contribution in [0.4, 0.5) is 0 Å². The summed E-state index contributed by atoms with van der Waals surface area (Å²) < 4.78 is 0. The van der Waals surface area contributed by atoms with Crippen molar-refractivity contribution in [2.24, 2.45) is 15.7 Å². The molecule has 6 nitrogen and oxygen atoms in total. The minimum absolute atomic E-state index is 0.162. The van der Waals surface area contributed by atoms with Crippen LogP contribution in [0, 0.1) is 0 Å². The molecule has 0 aliphatic rings. The molecule has 2 aromatic rings. The highest BCUT2D eigenvalue weighted by molar-refractivity contribution is 5.97. The number of hydrogen-bond acceptors (Lipinski definition) is 4. The summed E-state index contributed by atoms with van der Waals surface area (Å²) in [6, 6.07) is 17.0. The molecule has 6 heteroatoms. The zero-order valence-electron chi connectivity index (χ0n) is 16.0. The first-order valence-corrected chi connectivity index (χ1v) is 8.80. The molecule has 0 bridgehead atoms. The average molecular weight is 375 g/mol. The van der Waals surface area contributed by atoms with Crippen LogP contribution in [0.1, 0.15) is 21.5 Å². The van der Waals surface area contributed by atoms with E-state index in [0.717, 1.165) is 11.1 Å². The second-order valence-corrected chi connectivity index (χ2v) is 5.84. The number of nitrogens with two attached hydrogens (primary N) is 1. The molecule has 0 unspecified atom stereocenters. The number of benzene rings is 2. The third kappa shape index (κ3) is 5.25. The van der Waals surface area contributed by atoms with Gasteiger partial charge in [0.05, 0.1) is 18.4 Å². The van der Waals surface area contributed by atoms with Gasteiger partial charge < -0.3 is 16.0 Å². The smallest absolute Gasteiger partial charge is 0.251 e. The molecule has 2 rings (SSSR count). The highest BCUT2D eigenvalue weighted by atomic mass is 16.1. The molecular weight excluding hydrogens is 350 g/mol. The van der Waals surface area contributed by atoms with E-state index in [2.05, 4.69) is 28.6 Å². The van der Waals surface area contributed by atoms with Crippen molar-refractivity contribution in [2.45, 2.75) is 6.54 Å². The summed E-state index contributed by atoms with van der Waals surface area (Å²) in [4.78, 5) is 22.4. The van der Waals surface area contributed by atoms with E-state index in [4.69, 9.17) is 5.73 Å². The normalized spacial score (nSPS) is 11.6. The van der Waals surface area contributed by atoms with Gasteiger partial charge in [0.2, 0.25) is 0 Å². The minimum atomic E-state index is -0.162. The third-order valence-corrected chi connectivity index (χ3v) is 4.09. The van der Waals surface area contributed by atoms with E-state index in [1.54, 1.807) is 36.5 Å². The summed E-state index contributed by atoms with van der Waals surface area (Å²) in [5.74, 6) is 0.453. The molecule has 2 aromatic carbocycles. The van der Waals surface area contributed by atoms with Gasteiger partial charge in [-0.3, -0.25) is 14.8 Å². The maximum Gasteiger partial charge on any atom is 0.251 e. The van der Waals surface area contributed by atoms with Crippen LogP contribution in [-0.2, 0) is 6.54 Å². The summed E-state index contributed by atoms with van der Waals surface area (Å²) >= 11 is 0. The van der Waals surface area contributed by atoms with Gasteiger partial charge in [0.15, 0.2) is 0 Å². The number of carbonyl (C=O) groups excluding carboxylic acids is 1. The lowest BCUT2D eigenvalue weighted by molar-refractivity contribution is 0.0951. The van der Waals surface area contributed by atoms with E-state index in [9.17, 15) is 4.79 Å². The van der Waals surface area contributed by atoms with Crippen molar-refractivity contribution in [3.8, 4) is 0 Å². The second kappa shape index (κ2) is 10.6. The van der Waals surface area contributed by atoms with Gasteiger partial charge in [0.25, 0.3) is 5.91 Å². The van der Waals surface area contributed by atoms with E-state index >= 15 is 0 Å². The Morgan fingerprint density at radius 1 is 1.18 bits per heavy atom.